The lowest BCUT2D eigenvalue weighted by Gasteiger charge is -2.42. The topological polar surface area (TPSA) is 6.48 Å². The van der Waals surface area contributed by atoms with Crippen molar-refractivity contribution in [2.24, 2.45) is 0 Å². The van der Waals surface area contributed by atoms with Crippen molar-refractivity contribution in [3.05, 3.63) is 89.5 Å². The molecule has 0 unspecified atom stereocenters. The molecular formula is C23H23ClN2. The van der Waals surface area contributed by atoms with Gasteiger partial charge in [-0.05, 0) is 36.8 Å². The van der Waals surface area contributed by atoms with Gasteiger partial charge in [0.1, 0.15) is 4.87 Å². The predicted molar refractivity (Wildman–Crippen MR) is 112 cm³/mol. The minimum absolute atomic E-state index is 0.691. The fourth-order valence-corrected chi connectivity index (χ4v) is 4.36. The number of hydrogen-bond donors (Lipinski definition) is 0. The Morgan fingerprint density at radius 3 is 1.77 bits per heavy atom. The Morgan fingerprint density at radius 1 is 0.808 bits per heavy atom. The average molecular weight is 363 g/mol. The average Bonchev–Trinajstić information content (AvgIpc) is 2.68. The van der Waals surface area contributed by atoms with Gasteiger partial charge >= 0.3 is 0 Å². The molecule has 1 heterocycles. The molecule has 0 radical (unpaired) electrons. The molecule has 132 valence electrons. The van der Waals surface area contributed by atoms with Crippen molar-refractivity contribution in [2.75, 3.05) is 30.4 Å². The van der Waals surface area contributed by atoms with Crippen LogP contribution in [0.25, 0.3) is 0 Å². The highest BCUT2D eigenvalue weighted by molar-refractivity contribution is 6.29. The fraction of sp³-hybridized carbons (Fsp3) is 0.217. The van der Waals surface area contributed by atoms with Crippen LogP contribution in [0.5, 0.6) is 0 Å². The Hall–Kier alpha value is -2.45. The van der Waals surface area contributed by atoms with Gasteiger partial charge in [-0.1, -0.05) is 48.5 Å². The second-order valence-corrected chi connectivity index (χ2v) is 7.45. The third-order valence-electron chi connectivity index (χ3n) is 5.23. The molecule has 3 aromatic rings. The van der Waals surface area contributed by atoms with Crippen LogP contribution in [0.2, 0.25) is 0 Å². The predicted octanol–water partition coefficient (Wildman–Crippen LogP) is 5.75. The summed E-state index contributed by atoms with van der Waals surface area (Å²) in [6.45, 7) is 3.08. The summed E-state index contributed by atoms with van der Waals surface area (Å²) in [6.07, 6.45) is 0. The molecule has 0 bridgehead atoms. The monoisotopic (exact) mass is 362 g/mol. The number of halogens is 1. The lowest BCUT2D eigenvalue weighted by molar-refractivity contribution is 0.826. The maximum atomic E-state index is 7.48. The van der Waals surface area contributed by atoms with Crippen LogP contribution >= 0.6 is 11.6 Å². The molecule has 2 nitrogen and oxygen atoms in total. The molecule has 0 saturated carbocycles. The number of benzene rings is 3. The Kier molecular flexibility index (Phi) is 4.16. The van der Waals surface area contributed by atoms with Crippen LogP contribution in [0.3, 0.4) is 0 Å². The molecule has 26 heavy (non-hydrogen) atoms. The van der Waals surface area contributed by atoms with Gasteiger partial charge in [-0.15, -0.1) is 11.6 Å². The second kappa shape index (κ2) is 6.37. The largest absolute Gasteiger partial charge is 0.378 e. The van der Waals surface area contributed by atoms with Crippen LogP contribution in [0, 0.1) is 0 Å². The van der Waals surface area contributed by atoms with E-state index >= 15 is 0 Å². The van der Waals surface area contributed by atoms with E-state index in [2.05, 4.69) is 104 Å². The zero-order valence-electron chi connectivity index (χ0n) is 15.4. The number of rotatable bonds is 3. The summed E-state index contributed by atoms with van der Waals surface area (Å²) in [7, 11) is 4.10. The molecule has 4 rings (SSSR count). The van der Waals surface area contributed by atoms with Crippen molar-refractivity contribution in [3.8, 4) is 0 Å². The highest BCUT2D eigenvalue weighted by Crippen LogP contribution is 2.54. The van der Waals surface area contributed by atoms with Gasteiger partial charge in [0.25, 0.3) is 0 Å². The van der Waals surface area contributed by atoms with Crippen molar-refractivity contribution < 1.29 is 0 Å². The van der Waals surface area contributed by atoms with E-state index in [1.54, 1.807) is 0 Å². The lowest BCUT2D eigenvalue weighted by Crippen LogP contribution is -2.34. The van der Waals surface area contributed by atoms with E-state index in [9.17, 15) is 0 Å². The molecule has 0 spiro atoms. The van der Waals surface area contributed by atoms with Crippen LogP contribution < -0.4 is 9.80 Å². The number of fused-ring (bicyclic) bond motifs is 2. The molecule has 0 amide bonds. The summed E-state index contributed by atoms with van der Waals surface area (Å²) in [6, 6.07) is 25.5. The highest BCUT2D eigenvalue weighted by Gasteiger charge is 2.42. The second-order valence-electron chi connectivity index (χ2n) is 6.88. The first kappa shape index (κ1) is 17.0. The highest BCUT2D eigenvalue weighted by atomic mass is 35.5. The fourth-order valence-electron chi connectivity index (χ4n) is 3.92. The van der Waals surface area contributed by atoms with Gasteiger partial charge < -0.3 is 9.80 Å². The first-order valence-electron chi connectivity index (χ1n) is 9.00. The van der Waals surface area contributed by atoms with Crippen LogP contribution in [0.1, 0.15) is 23.6 Å². The maximum absolute atomic E-state index is 7.48. The number of hydrogen-bond acceptors (Lipinski definition) is 2. The van der Waals surface area contributed by atoms with Crippen molar-refractivity contribution in [3.63, 3.8) is 0 Å². The zero-order valence-corrected chi connectivity index (χ0v) is 16.2. The van der Waals surface area contributed by atoms with Gasteiger partial charge in [0.15, 0.2) is 0 Å². The molecule has 0 aliphatic carbocycles. The van der Waals surface area contributed by atoms with Crippen LogP contribution in [-0.2, 0) is 4.87 Å². The summed E-state index contributed by atoms with van der Waals surface area (Å²) < 4.78 is 0. The van der Waals surface area contributed by atoms with Gasteiger partial charge in [-0.25, -0.2) is 0 Å². The normalized spacial score (nSPS) is 14.5. The number of alkyl halides is 1. The molecule has 0 fully saturated rings. The number of nitrogens with zero attached hydrogens (tertiary/aromatic N) is 2. The summed E-state index contributed by atoms with van der Waals surface area (Å²) >= 11 is 7.48. The van der Waals surface area contributed by atoms with Crippen molar-refractivity contribution in [1.29, 1.82) is 0 Å². The smallest absolute Gasteiger partial charge is 0.123 e. The van der Waals surface area contributed by atoms with Crippen LogP contribution in [0.15, 0.2) is 72.8 Å². The number of para-hydroxylation sites is 2. The van der Waals surface area contributed by atoms with E-state index < -0.39 is 4.87 Å². The molecule has 3 heteroatoms. The third kappa shape index (κ3) is 2.40. The van der Waals surface area contributed by atoms with E-state index in [0.717, 1.165) is 23.2 Å². The molecule has 3 aromatic carbocycles. The number of anilines is 3. The molecule has 0 saturated heterocycles. The quantitative estimate of drug-likeness (QED) is 0.547. The Labute approximate surface area is 160 Å². The Bertz CT molecular complexity index is 883. The van der Waals surface area contributed by atoms with Crippen molar-refractivity contribution in [2.45, 2.75) is 11.8 Å². The summed E-state index contributed by atoms with van der Waals surface area (Å²) in [5.41, 5.74) is 6.91. The first-order valence-corrected chi connectivity index (χ1v) is 9.38. The standard InChI is InChI=1S/C23H23ClN2/c1-4-26-21-11-7-5-9-19(21)23(24,20-10-6-8-12-22(20)26)17-13-15-18(16-14-17)25(2)3/h5-16H,4H2,1-3H3. The van der Waals surface area contributed by atoms with Gasteiger partial charge in [-0.2, -0.15) is 0 Å². The van der Waals surface area contributed by atoms with Crippen molar-refractivity contribution in [1.82, 2.24) is 0 Å². The molecule has 1 aliphatic heterocycles. The SMILES string of the molecule is CCN1c2ccccc2C(Cl)(c2ccc(N(C)C)cc2)c2ccccc21. The van der Waals surface area contributed by atoms with E-state index in [0.29, 0.717) is 0 Å². The molecule has 0 N–H and O–H groups in total. The molecular weight excluding hydrogens is 340 g/mol. The maximum Gasteiger partial charge on any atom is 0.123 e. The molecule has 0 aromatic heterocycles. The van der Waals surface area contributed by atoms with E-state index in [1.165, 1.54) is 17.1 Å². The third-order valence-corrected chi connectivity index (χ3v) is 5.86. The molecule has 0 atom stereocenters. The van der Waals surface area contributed by atoms with Crippen LogP contribution in [-0.4, -0.2) is 20.6 Å². The zero-order chi connectivity index (χ0) is 18.3. The van der Waals surface area contributed by atoms with Crippen molar-refractivity contribution >= 4 is 28.7 Å². The first-order chi connectivity index (χ1) is 12.6. The van der Waals surface area contributed by atoms with Gasteiger partial charge in [0.05, 0.1) is 0 Å². The van der Waals surface area contributed by atoms with Gasteiger partial charge in [-0.3, -0.25) is 0 Å². The minimum Gasteiger partial charge on any atom is -0.378 e. The van der Waals surface area contributed by atoms with Gasteiger partial charge in [0, 0.05) is 48.8 Å². The summed E-state index contributed by atoms with van der Waals surface area (Å²) in [4.78, 5) is 3.76. The Balaban J connectivity index is 1.99. The summed E-state index contributed by atoms with van der Waals surface area (Å²) in [5.74, 6) is 0. The Morgan fingerprint density at radius 2 is 1.31 bits per heavy atom. The van der Waals surface area contributed by atoms with E-state index in [4.69, 9.17) is 11.6 Å². The lowest BCUT2D eigenvalue weighted by atomic mass is 9.79. The van der Waals surface area contributed by atoms with E-state index in [1.807, 2.05) is 0 Å². The van der Waals surface area contributed by atoms with Crippen LogP contribution in [0.4, 0.5) is 17.1 Å². The molecule has 1 aliphatic rings. The minimum atomic E-state index is -0.691. The summed E-state index contributed by atoms with van der Waals surface area (Å²) in [5, 5.41) is 0. The van der Waals surface area contributed by atoms with E-state index in [-0.39, 0.29) is 0 Å². The van der Waals surface area contributed by atoms with Gasteiger partial charge in [0.2, 0.25) is 0 Å².